The molecule has 0 fully saturated rings. The topological polar surface area (TPSA) is 6.48 Å². The Morgan fingerprint density at radius 1 is 0.212 bits per heavy atom. The van der Waals surface area contributed by atoms with Gasteiger partial charge in [0.15, 0.2) is 0 Å². The molecule has 0 amide bonds. The van der Waals surface area contributed by atoms with Crippen LogP contribution in [0.5, 0.6) is 0 Å². The van der Waals surface area contributed by atoms with Crippen LogP contribution in [-0.4, -0.2) is 0 Å². The second kappa shape index (κ2) is 17.2. The van der Waals surface area contributed by atoms with Crippen molar-refractivity contribution in [2.75, 3.05) is 9.80 Å². The fraction of sp³-hybridized carbons (Fsp3) is 0. The van der Waals surface area contributed by atoms with E-state index in [0.29, 0.717) is 0 Å². The van der Waals surface area contributed by atoms with E-state index >= 15 is 0 Å². The maximum absolute atomic E-state index is 2.27. The van der Waals surface area contributed by atoms with Crippen LogP contribution in [-0.2, 0) is 0 Å². The quantitative estimate of drug-likeness (QED) is 0.120. The van der Waals surface area contributed by atoms with Gasteiger partial charge in [-0.2, -0.15) is 0 Å². The van der Waals surface area contributed by atoms with Gasteiger partial charge in [0.25, 0.3) is 0 Å². The van der Waals surface area contributed by atoms with Gasteiger partial charge >= 0.3 is 0 Å². The Balaban J connectivity index is 0.933. The minimum absolute atomic E-state index is 1.12. The molecule has 7 rings (SSSR count). The predicted molar refractivity (Wildman–Crippen MR) is 225 cm³/mol. The molecule has 0 saturated carbocycles. The summed E-state index contributed by atoms with van der Waals surface area (Å²) in [5.41, 5.74) is 11.4. The number of nitrogens with zero attached hydrogens (tertiary/aromatic N) is 2. The van der Waals surface area contributed by atoms with Gasteiger partial charge in [0.1, 0.15) is 0 Å². The molecule has 0 aliphatic carbocycles. The second-order valence-corrected chi connectivity index (χ2v) is 12.3. The predicted octanol–water partition coefficient (Wildman–Crippen LogP) is 14.1. The summed E-state index contributed by atoms with van der Waals surface area (Å²) in [6, 6.07) is 67.8. The first-order valence-electron chi connectivity index (χ1n) is 17.6. The zero-order valence-corrected chi connectivity index (χ0v) is 29.0. The van der Waals surface area contributed by atoms with Gasteiger partial charge in [-0.1, -0.05) is 170 Å². The largest absolute Gasteiger partial charge is 0.311 e. The second-order valence-electron chi connectivity index (χ2n) is 12.3. The van der Waals surface area contributed by atoms with E-state index < -0.39 is 0 Å². The fourth-order valence-corrected chi connectivity index (χ4v) is 6.06. The van der Waals surface area contributed by atoms with Crippen LogP contribution < -0.4 is 9.80 Å². The SMILES string of the molecule is C(/C=C/c1ccc(N(c2ccccc2)c2ccccc2)cc1)=C\c1ccc(/C=C/C=C/c2ccc(N(c3ccccc3)c3ccccc3)cc2)cc1. The van der Waals surface area contributed by atoms with E-state index in [1.54, 1.807) is 0 Å². The Kier molecular flexibility index (Phi) is 11.1. The van der Waals surface area contributed by atoms with Crippen molar-refractivity contribution in [3.05, 3.63) is 241 Å². The van der Waals surface area contributed by atoms with Gasteiger partial charge < -0.3 is 9.80 Å². The average Bonchev–Trinajstić information content (AvgIpc) is 3.22. The highest BCUT2D eigenvalue weighted by Gasteiger charge is 2.12. The number of para-hydroxylation sites is 4. The Bertz CT molecular complexity index is 1990. The first-order chi connectivity index (χ1) is 25.8. The van der Waals surface area contributed by atoms with Crippen LogP contribution in [0.2, 0.25) is 0 Å². The molecule has 0 heterocycles. The van der Waals surface area contributed by atoms with Crippen LogP contribution in [0.15, 0.2) is 218 Å². The molecule has 0 atom stereocenters. The summed E-state index contributed by atoms with van der Waals surface area (Å²) >= 11 is 0. The number of rotatable bonds is 12. The monoisotopic (exact) mass is 668 g/mol. The van der Waals surface area contributed by atoms with Crippen molar-refractivity contribution in [1.82, 2.24) is 0 Å². The molecule has 52 heavy (non-hydrogen) atoms. The lowest BCUT2D eigenvalue weighted by Gasteiger charge is -2.25. The molecular weight excluding hydrogens is 629 g/mol. The molecule has 2 heteroatoms. The third kappa shape index (κ3) is 8.81. The van der Waals surface area contributed by atoms with E-state index in [-0.39, 0.29) is 0 Å². The maximum Gasteiger partial charge on any atom is 0.0462 e. The molecule has 0 bridgehead atoms. The standard InChI is InChI=1S/C50H40N2/c1-5-21-45(22-6-1)51(46-23-7-2-8-24-46)49-37-33-43(34-38-49)19-15-13-17-41-29-31-42(32-30-41)18-14-16-20-44-35-39-50(40-36-44)52(47-25-9-3-10-26-47)48-27-11-4-12-28-48/h1-40H/b17-13+,18-14+,19-15+,20-16+. The third-order valence-electron chi connectivity index (χ3n) is 8.67. The molecule has 7 aromatic carbocycles. The first kappa shape index (κ1) is 33.6. The van der Waals surface area contributed by atoms with E-state index in [9.17, 15) is 0 Å². The smallest absolute Gasteiger partial charge is 0.0462 e. The molecule has 0 unspecified atom stereocenters. The van der Waals surface area contributed by atoms with E-state index in [2.05, 4.69) is 228 Å². The number of hydrogen-bond donors (Lipinski definition) is 0. The Morgan fingerprint density at radius 3 is 0.635 bits per heavy atom. The van der Waals surface area contributed by atoms with E-state index in [1.807, 2.05) is 24.3 Å². The molecule has 0 N–H and O–H groups in total. The molecule has 0 aliphatic heterocycles. The minimum atomic E-state index is 1.12. The zero-order chi connectivity index (χ0) is 35.2. The summed E-state index contributed by atoms with van der Waals surface area (Å²) in [6.07, 6.45) is 16.9. The normalized spacial score (nSPS) is 11.5. The van der Waals surface area contributed by atoms with Crippen LogP contribution in [0, 0.1) is 0 Å². The highest BCUT2D eigenvalue weighted by Crippen LogP contribution is 2.35. The zero-order valence-electron chi connectivity index (χ0n) is 29.0. The third-order valence-corrected chi connectivity index (χ3v) is 8.67. The average molecular weight is 669 g/mol. The van der Waals surface area contributed by atoms with Crippen molar-refractivity contribution < 1.29 is 0 Å². The van der Waals surface area contributed by atoms with Gasteiger partial charge in [0.2, 0.25) is 0 Å². The van der Waals surface area contributed by atoms with E-state index in [1.165, 1.54) is 0 Å². The van der Waals surface area contributed by atoms with Gasteiger partial charge in [-0.25, -0.2) is 0 Å². The van der Waals surface area contributed by atoms with Crippen molar-refractivity contribution in [2.24, 2.45) is 0 Å². The summed E-state index contributed by atoms with van der Waals surface area (Å²) in [5, 5.41) is 0. The number of allylic oxidation sites excluding steroid dienone is 4. The molecule has 7 aromatic rings. The summed E-state index contributed by atoms with van der Waals surface area (Å²) < 4.78 is 0. The molecule has 0 radical (unpaired) electrons. The Hall–Kier alpha value is -6.90. The van der Waals surface area contributed by atoms with Crippen LogP contribution >= 0.6 is 0 Å². The summed E-state index contributed by atoms with van der Waals surface area (Å²) in [4.78, 5) is 4.54. The maximum atomic E-state index is 2.27. The van der Waals surface area contributed by atoms with Crippen LogP contribution in [0.25, 0.3) is 24.3 Å². The van der Waals surface area contributed by atoms with Crippen molar-refractivity contribution in [2.45, 2.75) is 0 Å². The van der Waals surface area contributed by atoms with Crippen molar-refractivity contribution >= 4 is 58.4 Å². The summed E-state index contributed by atoms with van der Waals surface area (Å²) in [5.74, 6) is 0. The fourth-order valence-electron chi connectivity index (χ4n) is 6.06. The van der Waals surface area contributed by atoms with Crippen LogP contribution in [0.4, 0.5) is 34.1 Å². The van der Waals surface area contributed by atoms with Gasteiger partial charge in [-0.15, -0.1) is 0 Å². The lowest BCUT2D eigenvalue weighted by atomic mass is 10.1. The summed E-state index contributed by atoms with van der Waals surface area (Å²) in [6.45, 7) is 0. The van der Waals surface area contributed by atoms with Crippen molar-refractivity contribution in [3.8, 4) is 0 Å². The molecule has 2 nitrogen and oxygen atoms in total. The Morgan fingerprint density at radius 2 is 0.404 bits per heavy atom. The molecule has 0 saturated heterocycles. The Labute approximate surface area is 307 Å². The van der Waals surface area contributed by atoms with E-state index in [0.717, 1.165) is 56.4 Å². The van der Waals surface area contributed by atoms with Gasteiger partial charge in [-0.3, -0.25) is 0 Å². The summed E-state index contributed by atoms with van der Waals surface area (Å²) in [7, 11) is 0. The highest BCUT2D eigenvalue weighted by atomic mass is 15.1. The van der Waals surface area contributed by atoms with Gasteiger partial charge in [0, 0.05) is 34.1 Å². The van der Waals surface area contributed by atoms with Crippen LogP contribution in [0.1, 0.15) is 22.3 Å². The van der Waals surface area contributed by atoms with Crippen LogP contribution in [0.3, 0.4) is 0 Å². The lowest BCUT2D eigenvalue weighted by molar-refractivity contribution is 1.28. The molecule has 0 spiro atoms. The first-order valence-corrected chi connectivity index (χ1v) is 17.6. The van der Waals surface area contributed by atoms with Crippen molar-refractivity contribution in [1.29, 1.82) is 0 Å². The van der Waals surface area contributed by atoms with Crippen molar-refractivity contribution in [3.63, 3.8) is 0 Å². The minimum Gasteiger partial charge on any atom is -0.311 e. The van der Waals surface area contributed by atoms with Gasteiger partial charge in [0.05, 0.1) is 0 Å². The molecule has 0 aromatic heterocycles. The number of benzene rings is 7. The highest BCUT2D eigenvalue weighted by molar-refractivity contribution is 5.78. The molecule has 250 valence electrons. The molecular formula is C50H40N2. The van der Waals surface area contributed by atoms with E-state index in [4.69, 9.17) is 0 Å². The number of hydrogen-bond acceptors (Lipinski definition) is 2. The number of anilines is 6. The molecule has 0 aliphatic rings. The lowest BCUT2D eigenvalue weighted by Crippen LogP contribution is -2.09. The van der Waals surface area contributed by atoms with Gasteiger partial charge in [-0.05, 0) is 95.1 Å².